The van der Waals surface area contributed by atoms with Gasteiger partial charge in [-0.3, -0.25) is 4.79 Å². The molecule has 1 aliphatic carbocycles. The monoisotopic (exact) mass is 408 g/mol. The maximum absolute atomic E-state index is 12.1. The summed E-state index contributed by atoms with van der Waals surface area (Å²) in [5.41, 5.74) is 1.20. The molecule has 0 saturated heterocycles. The van der Waals surface area contributed by atoms with Crippen molar-refractivity contribution in [1.82, 2.24) is 9.62 Å². The molecule has 7 nitrogen and oxygen atoms in total. The van der Waals surface area contributed by atoms with Gasteiger partial charge in [-0.25, -0.2) is 17.9 Å². The zero-order valence-corrected chi connectivity index (χ0v) is 16.4. The molecule has 0 radical (unpaired) electrons. The average molecular weight is 409 g/mol. The molecular formula is C18H20N2O5S2. The number of nitrogens with one attached hydrogen (secondary N) is 1. The lowest BCUT2D eigenvalue weighted by molar-refractivity contribution is -0.133. The molecule has 1 aliphatic rings. The van der Waals surface area contributed by atoms with Crippen molar-refractivity contribution in [2.45, 2.75) is 30.3 Å². The molecule has 0 bridgehead atoms. The summed E-state index contributed by atoms with van der Waals surface area (Å²) in [5.74, 6) is -0.992. The molecule has 144 valence electrons. The third-order valence-electron chi connectivity index (χ3n) is 4.05. The van der Waals surface area contributed by atoms with Crippen molar-refractivity contribution in [2.75, 3.05) is 13.7 Å². The summed E-state index contributed by atoms with van der Waals surface area (Å²) in [6.07, 6.45) is 1.69. The zero-order valence-electron chi connectivity index (χ0n) is 14.8. The van der Waals surface area contributed by atoms with Crippen LogP contribution in [0.2, 0.25) is 0 Å². The summed E-state index contributed by atoms with van der Waals surface area (Å²) in [6.45, 7) is 0.0726. The van der Waals surface area contributed by atoms with Gasteiger partial charge in [0.05, 0.1) is 10.5 Å². The van der Waals surface area contributed by atoms with Gasteiger partial charge in [-0.05, 0) is 59.5 Å². The molecule has 1 aromatic heterocycles. The highest BCUT2D eigenvalue weighted by atomic mass is 32.2. The summed E-state index contributed by atoms with van der Waals surface area (Å²) < 4.78 is 31.8. The molecule has 0 aliphatic heterocycles. The van der Waals surface area contributed by atoms with E-state index in [-0.39, 0.29) is 29.0 Å². The van der Waals surface area contributed by atoms with Gasteiger partial charge < -0.3 is 9.64 Å². The van der Waals surface area contributed by atoms with Crippen molar-refractivity contribution in [3.63, 3.8) is 0 Å². The smallest absolute Gasteiger partial charge is 0.338 e. The first-order chi connectivity index (χ1) is 12.8. The fourth-order valence-electron chi connectivity index (χ4n) is 2.32. The van der Waals surface area contributed by atoms with E-state index in [1.807, 2.05) is 16.8 Å². The molecule has 27 heavy (non-hydrogen) atoms. The van der Waals surface area contributed by atoms with Crippen LogP contribution in [0.1, 0.15) is 28.8 Å². The highest BCUT2D eigenvalue weighted by Gasteiger charge is 2.28. The van der Waals surface area contributed by atoms with Crippen molar-refractivity contribution in [1.29, 1.82) is 0 Å². The van der Waals surface area contributed by atoms with Crippen LogP contribution in [0.5, 0.6) is 0 Å². The Morgan fingerprint density at radius 1 is 1.22 bits per heavy atom. The van der Waals surface area contributed by atoms with Crippen LogP contribution in [0.4, 0.5) is 0 Å². The van der Waals surface area contributed by atoms with Gasteiger partial charge in [0, 0.05) is 19.6 Å². The number of nitrogens with zero attached hydrogens (tertiary/aromatic N) is 1. The second kappa shape index (κ2) is 8.20. The molecule has 0 unspecified atom stereocenters. The van der Waals surface area contributed by atoms with Gasteiger partial charge in [0.1, 0.15) is 0 Å². The highest BCUT2D eigenvalue weighted by Crippen LogP contribution is 2.22. The third-order valence-corrected chi connectivity index (χ3v) is 6.32. The number of carbonyl (C=O) groups is 2. The Morgan fingerprint density at radius 3 is 2.52 bits per heavy atom. The average Bonchev–Trinajstić information content (AvgIpc) is 3.30. The van der Waals surface area contributed by atoms with Crippen LogP contribution in [-0.4, -0.2) is 44.9 Å². The first kappa shape index (κ1) is 19.5. The lowest BCUT2D eigenvalue weighted by atomic mass is 10.2. The minimum atomic E-state index is -3.56. The molecule has 9 heteroatoms. The normalized spacial score (nSPS) is 14.0. The van der Waals surface area contributed by atoms with Crippen molar-refractivity contribution in [3.8, 4) is 0 Å². The molecule has 1 N–H and O–H groups in total. The van der Waals surface area contributed by atoms with Crippen molar-refractivity contribution >= 4 is 33.2 Å². The van der Waals surface area contributed by atoms with E-state index in [1.54, 1.807) is 18.4 Å². The number of thiophene rings is 1. The number of benzene rings is 1. The number of likely N-dealkylation sites (N-methyl/N-ethyl adjacent to an activating group) is 1. The molecule has 1 amide bonds. The Balaban J connectivity index is 1.52. The van der Waals surface area contributed by atoms with Crippen LogP contribution in [0.15, 0.2) is 46.0 Å². The Morgan fingerprint density at radius 2 is 1.93 bits per heavy atom. The largest absolute Gasteiger partial charge is 0.452 e. The van der Waals surface area contributed by atoms with E-state index < -0.39 is 16.0 Å². The Labute approximate surface area is 162 Å². The van der Waals surface area contributed by atoms with E-state index in [2.05, 4.69) is 4.72 Å². The summed E-state index contributed by atoms with van der Waals surface area (Å²) in [7, 11) is -1.92. The van der Waals surface area contributed by atoms with Crippen molar-refractivity contribution < 1.29 is 22.7 Å². The van der Waals surface area contributed by atoms with Crippen molar-refractivity contribution in [2.24, 2.45) is 0 Å². The number of sulfonamides is 1. The molecule has 0 spiro atoms. The van der Waals surface area contributed by atoms with Crippen molar-refractivity contribution in [3.05, 3.63) is 52.2 Å². The molecule has 1 heterocycles. The van der Waals surface area contributed by atoms with Gasteiger partial charge in [0.2, 0.25) is 10.0 Å². The van der Waals surface area contributed by atoms with Gasteiger partial charge in [-0.15, -0.1) is 0 Å². The minimum Gasteiger partial charge on any atom is -0.452 e. The van der Waals surface area contributed by atoms with Crippen LogP contribution < -0.4 is 4.72 Å². The highest BCUT2D eigenvalue weighted by molar-refractivity contribution is 7.89. The number of esters is 1. The SMILES string of the molecule is CN(Cc1ccsc1)C(=O)COC(=O)c1ccc(S(=O)(=O)NC2CC2)cc1. The topological polar surface area (TPSA) is 92.8 Å². The van der Waals surface area contributed by atoms with E-state index in [4.69, 9.17) is 4.74 Å². The number of ether oxygens (including phenoxy) is 1. The minimum absolute atomic E-state index is 0.0109. The van der Waals surface area contributed by atoms with E-state index in [1.165, 1.54) is 29.2 Å². The number of amides is 1. The van der Waals surface area contributed by atoms with Crippen LogP contribution >= 0.6 is 11.3 Å². The molecule has 1 saturated carbocycles. The quantitative estimate of drug-likeness (QED) is 0.675. The number of carbonyl (C=O) groups excluding carboxylic acids is 2. The fourth-order valence-corrected chi connectivity index (χ4v) is 4.29. The maximum Gasteiger partial charge on any atom is 0.338 e. The first-order valence-electron chi connectivity index (χ1n) is 8.40. The Hall–Kier alpha value is -2.23. The van der Waals surface area contributed by atoms with E-state index in [0.29, 0.717) is 6.54 Å². The molecular weight excluding hydrogens is 388 g/mol. The number of hydrogen-bond donors (Lipinski definition) is 1. The predicted octanol–water partition coefficient (Wildman–Crippen LogP) is 2.00. The maximum atomic E-state index is 12.1. The van der Waals surface area contributed by atoms with Gasteiger partial charge in [0.15, 0.2) is 6.61 Å². The van der Waals surface area contributed by atoms with Crippen LogP contribution in [0.3, 0.4) is 0 Å². The summed E-state index contributed by atoms with van der Waals surface area (Å²) in [6, 6.07) is 7.40. The lowest BCUT2D eigenvalue weighted by Gasteiger charge is -2.16. The lowest BCUT2D eigenvalue weighted by Crippen LogP contribution is -2.30. The second-order valence-electron chi connectivity index (χ2n) is 6.38. The van der Waals surface area contributed by atoms with Crippen LogP contribution in [-0.2, 0) is 26.1 Å². The zero-order chi connectivity index (χ0) is 19.4. The molecule has 0 atom stereocenters. The van der Waals surface area contributed by atoms with Crippen LogP contribution in [0, 0.1) is 0 Å². The molecule has 1 aromatic carbocycles. The predicted molar refractivity (Wildman–Crippen MR) is 101 cm³/mol. The van der Waals surface area contributed by atoms with E-state index in [0.717, 1.165) is 18.4 Å². The summed E-state index contributed by atoms with van der Waals surface area (Å²) in [4.78, 5) is 25.7. The van der Waals surface area contributed by atoms with Gasteiger partial charge in [-0.1, -0.05) is 0 Å². The Kier molecular flexibility index (Phi) is 5.93. The van der Waals surface area contributed by atoms with E-state index in [9.17, 15) is 18.0 Å². The number of hydrogen-bond acceptors (Lipinski definition) is 6. The Bertz CT molecular complexity index is 904. The third kappa shape index (κ3) is 5.38. The second-order valence-corrected chi connectivity index (χ2v) is 8.87. The summed E-state index contributed by atoms with van der Waals surface area (Å²) >= 11 is 1.55. The molecule has 2 aromatic rings. The van der Waals surface area contributed by atoms with E-state index >= 15 is 0 Å². The standard InChI is InChI=1S/C18H20N2O5S2/c1-20(10-13-8-9-26-12-13)17(21)11-25-18(22)14-2-6-16(7-3-14)27(23,24)19-15-4-5-15/h2-3,6-9,12,15,19H,4-5,10-11H2,1H3. The van der Waals surface area contributed by atoms with Crippen LogP contribution in [0.25, 0.3) is 0 Å². The fraction of sp³-hybridized carbons (Fsp3) is 0.333. The number of rotatable bonds is 8. The summed E-state index contributed by atoms with van der Waals surface area (Å²) in [5, 5.41) is 3.88. The molecule has 1 fully saturated rings. The first-order valence-corrected chi connectivity index (χ1v) is 10.8. The molecule has 3 rings (SSSR count). The van der Waals surface area contributed by atoms with Gasteiger partial charge in [0.25, 0.3) is 5.91 Å². The van der Waals surface area contributed by atoms with Gasteiger partial charge in [-0.2, -0.15) is 11.3 Å². The van der Waals surface area contributed by atoms with Gasteiger partial charge >= 0.3 is 5.97 Å².